The Kier molecular flexibility index (Phi) is 2.11. The highest BCUT2D eigenvalue weighted by molar-refractivity contribution is 5.74. The topological polar surface area (TPSA) is 62.3 Å². The molecule has 0 amide bonds. The molecule has 1 heterocycles. The molecule has 0 saturated carbocycles. The molecule has 1 rings (SSSR count). The van der Waals surface area contributed by atoms with Crippen LogP contribution in [0.3, 0.4) is 0 Å². The molecule has 0 aromatic heterocycles. The molecule has 3 N–H and O–H groups in total. The fraction of sp³-hybridized carbons (Fsp3) is 0.833. The molecule has 1 saturated heterocycles. The van der Waals surface area contributed by atoms with Crippen molar-refractivity contribution >= 4 is 5.96 Å². The monoisotopic (exact) mass is 143 g/mol. The molecule has 4 nitrogen and oxygen atoms in total. The molecule has 0 aromatic rings. The second-order valence-electron chi connectivity index (χ2n) is 2.51. The van der Waals surface area contributed by atoms with E-state index < -0.39 is 0 Å². The molecule has 0 radical (unpaired) electrons. The number of hydrogen-bond donors (Lipinski definition) is 2. The first-order chi connectivity index (χ1) is 4.70. The van der Waals surface area contributed by atoms with Gasteiger partial charge >= 0.3 is 0 Å². The standard InChI is InChI=1S/C6H13N3O/c1-5-4-9(6(7)8)2-3-10-5/h5H,2-4H2,1H3,(H3,7,8)/t5-/m0/s1. The summed E-state index contributed by atoms with van der Waals surface area (Å²) in [7, 11) is 0. The molecule has 0 aliphatic carbocycles. The van der Waals surface area contributed by atoms with Crippen molar-refractivity contribution in [2.24, 2.45) is 5.73 Å². The number of morpholine rings is 1. The summed E-state index contributed by atoms with van der Waals surface area (Å²) in [6.45, 7) is 4.16. The van der Waals surface area contributed by atoms with E-state index in [9.17, 15) is 0 Å². The van der Waals surface area contributed by atoms with E-state index in [0.29, 0.717) is 6.61 Å². The van der Waals surface area contributed by atoms with Crippen molar-refractivity contribution in [2.45, 2.75) is 13.0 Å². The summed E-state index contributed by atoms with van der Waals surface area (Å²) in [5, 5.41) is 7.13. The minimum absolute atomic E-state index is 0.148. The average Bonchev–Trinajstić information content (AvgIpc) is 1.88. The number of nitrogens with two attached hydrogens (primary N) is 1. The first-order valence-electron chi connectivity index (χ1n) is 3.40. The van der Waals surface area contributed by atoms with Gasteiger partial charge in [0.05, 0.1) is 12.7 Å². The van der Waals surface area contributed by atoms with Crippen LogP contribution in [0.1, 0.15) is 6.92 Å². The zero-order valence-electron chi connectivity index (χ0n) is 6.13. The van der Waals surface area contributed by atoms with Crippen molar-refractivity contribution in [3.8, 4) is 0 Å². The fourth-order valence-corrected chi connectivity index (χ4v) is 1.04. The molecule has 10 heavy (non-hydrogen) atoms. The van der Waals surface area contributed by atoms with Gasteiger partial charge in [0.15, 0.2) is 5.96 Å². The number of nitrogens with one attached hydrogen (secondary N) is 1. The Morgan fingerprint density at radius 3 is 2.90 bits per heavy atom. The van der Waals surface area contributed by atoms with Gasteiger partial charge in [0.2, 0.25) is 0 Å². The molecular weight excluding hydrogens is 130 g/mol. The van der Waals surface area contributed by atoms with Crippen LogP contribution in [0, 0.1) is 5.41 Å². The third-order valence-corrected chi connectivity index (χ3v) is 1.58. The Morgan fingerprint density at radius 1 is 1.80 bits per heavy atom. The minimum Gasteiger partial charge on any atom is -0.375 e. The molecule has 1 aliphatic heterocycles. The van der Waals surface area contributed by atoms with Crippen molar-refractivity contribution in [1.82, 2.24) is 4.90 Å². The third-order valence-electron chi connectivity index (χ3n) is 1.58. The summed E-state index contributed by atoms with van der Waals surface area (Å²) in [4.78, 5) is 1.81. The van der Waals surface area contributed by atoms with E-state index in [2.05, 4.69) is 0 Å². The molecule has 4 heteroatoms. The summed E-state index contributed by atoms with van der Waals surface area (Å²) in [6.07, 6.45) is 0.206. The van der Waals surface area contributed by atoms with Gasteiger partial charge in [-0.3, -0.25) is 5.41 Å². The lowest BCUT2D eigenvalue weighted by Crippen LogP contribution is -2.47. The Hall–Kier alpha value is -0.770. The van der Waals surface area contributed by atoms with Crippen LogP contribution in [0.5, 0.6) is 0 Å². The highest BCUT2D eigenvalue weighted by atomic mass is 16.5. The van der Waals surface area contributed by atoms with E-state index in [-0.39, 0.29) is 12.1 Å². The number of hydrogen-bond acceptors (Lipinski definition) is 2. The van der Waals surface area contributed by atoms with Crippen molar-refractivity contribution in [3.63, 3.8) is 0 Å². The highest BCUT2D eigenvalue weighted by Gasteiger charge is 2.16. The molecular formula is C6H13N3O. The maximum atomic E-state index is 7.13. The van der Waals surface area contributed by atoms with Crippen molar-refractivity contribution < 1.29 is 4.74 Å². The second kappa shape index (κ2) is 2.88. The van der Waals surface area contributed by atoms with E-state index in [4.69, 9.17) is 15.9 Å². The van der Waals surface area contributed by atoms with Crippen LogP contribution in [0.2, 0.25) is 0 Å². The second-order valence-corrected chi connectivity index (χ2v) is 2.51. The van der Waals surface area contributed by atoms with Crippen molar-refractivity contribution in [1.29, 1.82) is 5.41 Å². The molecule has 1 aliphatic rings. The largest absolute Gasteiger partial charge is 0.375 e. The van der Waals surface area contributed by atoms with Crippen LogP contribution in [-0.4, -0.2) is 36.7 Å². The zero-order chi connectivity index (χ0) is 7.56. The Labute approximate surface area is 60.5 Å². The quantitative estimate of drug-likeness (QED) is 0.358. The summed E-state index contributed by atoms with van der Waals surface area (Å²) in [5.41, 5.74) is 5.28. The van der Waals surface area contributed by atoms with Crippen molar-refractivity contribution in [3.05, 3.63) is 0 Å². The van der Waals surface area contributed by atoms with E-state index >= 15 is 0 Å². The molecule has 1 fully saturated rings. The molecule has 0 bridgehead atoms. The predicted octanol–water partition coefficient (Wildman–Crippen LogP) is -0.399. The highest BCUT2D eigenvalue weighted by Crippen LogP contribution is 2.02. The number of nitrogens with zero attached hydrogens (tertiary/aromatic N) is 1. The van der Waals surface area contributed by atoms with Gasteiger partial charge in [-0.15, -0.1) is 0 Å². The lowest BCUT2D eigenvalue weighted by Gasteiger charge is -2.31. The first-order valence-corrected chi connectivity index (χ1v) is 3.40. The molecule has 0 spiro atoms. The molecule has 58 valence electrons. The summed E-state index contributed by atoms with van der Waals surface area (Å²) >= 11 is 0. The van der Waals surface area contributed by atoms with Gasteiger partial charge in [-0.05, 0) is 6.92 Å². The maximum Gasteiger partial charge on any atom is 0.188 e. The van der Waals surface area contributed by atoms with E-state index in [0.717, 1.165) is 13.1 Å². The van der Waals surface area contributed by atoms with Crippen LogP contribution in [-0.2, 0) is 4.74 Å². The minimum atomic E-state index is 0.148. The van der Waals surface area contributed by atoms with Gasteiger partial charge in [-0.25, -0.2) is 0 Å². The number of ether oxygens (including phenoxy) is 1. The normalized spacial score (nSPS) is 26.5. The lowest BCUT2D eigenvalue weighted by atomic mass is 10.3. The average molecular weight is 143 g/mol. The Balaban J connectivity index is 2.39. The lowest BCUT2D eigenvalue weighted by molar-refractivity contribution is 0.00512. The van der Waals surface area contributed by atoms with Crippen LogP contribution in [0.25, 0.3) is 0 Å². The summed E-state index contributed by atoms with van der Waals surface area (Å²) in [6, 6.07) is 0. The van der Waals surface area contributed by atoms with Crippen LogP contribution < -0.4 is 5.73 Å². The van der Waals surface area contributed by atoms with Gasteiger partial charge in [0.1, 0.15) is 0 Å². The number of guanidine groups is 1. The fourth-order valence-electron chi connectivity index (χ4n) is 1.04. The SMILES string of the molecule is C[C@H]1CN(C(=N)N)CCO1. The number of rotatable bonds is 0. The van der Waals surface area contributed by atoms with Crippen LogP contribution in [0.15, 0.2) is 0 Å². The van der Waals surface area contributed by atoms with E-state index in [1.54, 1.807) is 0 Å². The van der Waals surface area contributed by atoms with Gasteiger partial charge in [0, 0.05) is 13.1 Å². The van der Waals surface area contributed by atoms with Crippen LogP contribution >= 0.6 is 0 Å². The smallest absolute Gasteiger partial charge is 0.188 e. The van der Waals surface area contributed by atoms with E-state index in [1.165, 1.54) is 0 Å². The van der Waals surface area contributed by atoms with Gasteiger partial charge in [-0.2, -0.15) is 0 Å². The maximum absolute atomic E-state index is 7.13. The van der Waals surface area contributed by atoms with Gasteiger partial charge in [0.25, 0.3) is 0 Å². The first kappa shape index (κ1) is 7.34. The Bertz CT molecular complexity index is 137. The zero-order valence-corrected chi connectivity index (χ0v) is 6.13. The predicted molar refractivity (Wildman–Crippen MR) is 38.9 cm³/mol. The van der Waals surface area contributed by atoms with Gasteiger partial charge in [-0.1, -0.05) is 0 Å². The molecule has 0 unspecified atom stereocenters. The summed E-state index contributed by atoms with van der Waals surface area (Å²) in [5.74, 6) is 0.148. The summed E-state index contributed by atoms with van der Waals surface area (Å²) < 4.78 is 5.26. The van der Waals surface area contributed by atoms with E-state index in [1.807, 2.05) is 11.8 Å². The van der Waals surface area contributed by atoms with Crippen LogP contribution in [0.4, 0.5) is 0 Å². The molecule has 0 aromatic carbocycles. The van der Waals surface area contributed by atoms with Gasteiger partial charge < -0.3 is 15.4 Å². The third kappa shape index (κ3) is 1.60. The van der Waals surface area contributed by atoms with Crippen molar-refractivity contribution in [2.75, 3.05) is 19.7 Å². The Morgan fingerprint density at radius 2 is 2.50 bits per heavy atom. The molecule has 1 atom stereocenters.